The first kappa shape index (κ1) is 17.9. The number of rotatable bonds is 7. The van der Waals surface area contributed by atoms with Crippen LogP contribution in [0.4, 0.5) is 0 Å². The summed E-state index contributed by atoms with van der Waals surface area (Å²) in [5.41, 5.74) is 0.700. The lowest BCUT2D eigenvalue weighted by atomic mass is 9.96. The van der Waals surface area contributed by atoms with Crippen molar-refractivity contribution >= 4 is 5.91 Å². The normalized spacial score (nSPS) is 21.6. The summed E-state index contributed by atoms with van der Waals surface area (Å²) in [6.07, 6.45) is 0. The molecule has 130 valence electrons. The largest absolute Gasteiger partial charge is 0.396 e. The second kappa shape index (κ2) is 7.90. The highest BCUT2D eigenvalue weighted by atomic mass is 16.5. The summed E-state index contributed by atoms with van der Waals surface area (Å²) >= 11 is 0. The standard InChI is InChI=1S/C16H28N4O3/c1-12-7-15(23-17-12)16(22)20-9-13(14(10-20)11-21)8-19(4)6-5-18(2)3/h7,13-14,21H,5-6,8-11H2,1-4H3/t13-,14-/m1/s1. The van der Waals surface area contributed by atoms with Crippen molar-refractivity contribution in [2.45, 2.75) is 6.92 Å². The smallest absolute Gasteiger partial charge is 0.292 e. The van der Waals surface area contributed by atoms with Gasteiger partial charge in [-0.3, -0.25) is 4.79 Å². The molecular weight excluding hydrogens is 296 g/mol. The summed E-state index contributed by atoms with van der Waals surface area (Å²) in [4.78, 5) is 18.6. The Kier molecular flexibility index (Phi) is 6.15. The Labute approximate surface area is 137 Å². The van der Waals surface area contributed by atoms with Gasteiger partial charge in [0.1, 0.15) is 0 Å². The lowest BCUT2D eigenvalue weighted by Crippen LogP contribution is -2.35. The van der Waals surface area contributed by atoms with Crippen molar-refractivity contribution in [3.63, 3.8) is 0 Å². The van der Waals surface area contributed by atoms with E-state index in [1.54, 1.807) is 17.9 Å². The van der Waals surface area contributed by atoms with Gasteiger partial charge in [0.25, 0.3) is 5.91 Å². The number of hydrogen-bond acceptors (Lipinski definition) is 6. The van der Waals surface area contributed by atoms with Crippen molar-refractivity contribution < 1.29 is 14.4 Å². The molecule has 2 heterocycles. The Bertz CT molecular complexity index is 517. The first-order valence-corrected chi connectivity index (χ1v) is 8.07. The molecule has 0 spiro atoms. The zero-order valence-corrected chi connectivity index (χ0v) is 14.5. The van der Waals surface area contributed by atoms with Gasteiger partial charge in [0.05, 0.1) is 5.69 Å². The van der Waals surface area contributed by atoms with E-state index in [0.717, 1.165) is 19.6 Å². The fourth-order valence-electron chi connectivity index (χ4n) is 3.00. The first-order valence-electron chi connectivity index (χ1n) is 8.07. The number of likely N-dealkylation sites (N-methyl/N-ethyl adjacent to an activating group) is 2. The molecule has 0 aromatic carbocycles. The van der Waals surface area contributed by atoms with Crippen molar-refractivity contribution in [1.82, 2.24) is 19.9 Å². The van der Waals surface area contributed by atoms with Crippen LogP contribution >= 0.6 is 0 Å². The van der Waals surface area contributed by atoms with Gasteiger partial charge in [0.15, 0.2) is 0 Å². The van der Waals surface area contributed by atoms with Crippen LogP contribution in [0.3, 0.4) is 0 Å². The van der Waals surface area contributed by atoms with Crippen LogP contribution in [-0.4, -0.2) is 91.3 Å². The number of carbonyl (C=O) groups excluding carboxylic acids is 1. The molecule has 1 N–H and O–H groups in total. The topological polar surface area (TPSA) is 73.1 Å². The summed E-state index contributed by atoms with van der Waals surface area (Å²) in [5.74, 6) is 0.535. The molecular formula is C16H28N4O3. The van der Waals surface area contributed by atoms with E-state index in [2.05, 4.69) is 36.1 Å². The Morgan fingerprint density at radius 2 is 2.04 bits per heavy atom. The van der Waals surface area contributed by atoms with Gasteiger partial charge < -0.3 is 24.3 Å². The average Bonchev–Trinajstić information content (AvgIpc) is 3.10. The molecule has 1 aromatic heterocycles. The molecule has 0 radical (unpaired) electrons. The molecule has 1 aliphatic rings. The number of aryl methyl sites for hydroxylation is 1. The molecule has 1 aromatic rings. The molecule has 0 saturated carbocycles. The number of likely N-dealkylation sites (tertiary alicyclic amines) is 1. The Balaban J connectivity index is 1.93. The second-order valence-corrected chi connectivity index (χ2v) is 6.81. The van der Waals surface area contributed by atoms with Crippen LogP contribution < -0.4 is 0 Å². The summed E-state index contributed by atoms with van der Waals surface area (Å²) in [6.45, 7) is 5.95. The molecule has 0 bridgehead atoms. The van der Waals surface area contributed by atoms with Gasteiger partial charge in [-0.2, -0.15) is 0 Å². The van der Waals surface area contributed by atoms with Gasteiger partial charge in [-0.05, 0) is 34.0 Å². The molecule has 7 heteroatoms. The fourth-order valence-corrected chi connectivity index (χ4v) is 3.00. The molecule has 1 saturated heterocycles. The first-order chi connectivity index (χ1) is 10.9. The molecule has 7 nitrogen and oxygen atoms in total. The predicted molar refractivity (Wildman–Crippen MR) is 87.3 cm³/mol. The maximum Gasteiger partial charge on any atom is 0.292 e. The Hall–Kier alpha value is -1.44. The van der Waals surface area contributed by atoms with E-state index in [0.29, 0.717) is 18.8 Å². The third-order valence-corrected chi connectivity index (χ3v) is 4.41. The molecule has 1 amide bonds. The predicted octanol–water partition coefficient (Wildman–Crippen LogP) is 0.157. The van der Waals surface area contributed by atoms with Crippen molar-refractivity contribution in [1.29, 1.82) is 0 Å². The van der Waals surface area contributed by atoms with Gasteiger partial charge >= 0.3 is 0 Å². The van der Waals surface area contributed by atoms with E-state index in [-0.39, 0.29) is 30.1 Å². The second-order valence-electron chi connectivity index (χ2n) is 6.81. The lowest BCUT2D eigenvalue weighted by molar-refractivity contribution is 0.0737. The van der Waals surface area contributed by atoms with Crippen LogP contribution in [0.1, 0.15) is 16.2 Å². The number of nitrogens with zero attached hydrogens (tertiary/aromatic N) is 4. The van der Waals surface area contributed by atoms with E-state index in [1.165, 1.54) is 0 Å². The fraction of sp³-hybridized carbons (Fsp3) is 0.750. The molecule has 23 heavy (non-hydrogen) atoms. The molecule has 2 atom stereocenters. The maximum absolute atomic E-state index is 12.5. The Morgan fingerprint density at radius 3 is 2.61 bits per heavy atom. The average molecular weight is 324 g/mol. The quantitative estimate of drug-likeness (QED) is 0.770. The zero-order valence-electron chi connectivity index (χ0n) is 14.5. The third-order valence-electron chi connectivity index (χ3n) is 4.41. The minimum absolute atomic E-state index is 0.103. The van der Waals surface area contributed by atoms with Crippen molar-refractivity contribution in [3.8, 4) is 0 Å². The minimum Gasteiger partial charge on any atom is -0.396 e. The highest BCUT2D eigenvalue weighted by Crippen LogP contribution is 2.25. The molecule has 2 rings (SSSR count). The maximum atomic E-state index is 12.5. The summed E-state index contributed by atoms with van der Waals surface area (Å²) in [5, 5.41) is 13.4. The molecule has 1 aliphatic heterocycles. The number of hydrogen-bond donors (Lipinski definition) is 1. The van der Waals surface area contributed by atoms with Crippen molar-refractivity contribution in [3.05, 3.63) is 17.5 Å². The lowest BCUT2D eigenvalue weighted by Gasteiger charge is -2.24. The summed E-state index contributed by atoms with van der Waals surface area (Å²) in [6, 6.07) is 1.66. The number of aromatic nitrogens is 1. The summed E-state index contributed by atoms with van der Waals surface area (Å²) < 4.78 is 5.07. The van der Waals surface area contributed by atoms with Crippen LogP contribution in [-0.2, 0) is 0 Å². The number of aliphatic hydroxyl groups is 1. The van der Waals surface area contributed by atoms with Gasteiger partial charge in [0.2, 0.25) is 5.76 Å². The van der Waals surface area contributed by atoms with Crippen LogP contribution in [0.5, 0.6) is 0 Å². The zero-order chi connectivity index (χ0) is 17.0. The third kappa shape index (κ3) is 4.76. The molecule has 0 aliphatic carbocycles. The number of carbonyl (C=O) groups is 1. The number of aliphatic hydroxyl groups excluding tert-OH is 1. The van der Waals surface area contributed by atoms with Gasteiger partial charge in [-0.15, -0.1) is 0 Å². The van der Waals surface area contributed by atoms with E-state index in [4.69, 9.17) is 4.52 Å². The van der Waals surface area contributed by atoms with Crippen molar-refractivity contribution in [2.24, 2.45) is 11.8 Å². The highest BCUT2D eigenvalue weighted by Gasteiger charge is 2.36. The minimum atomic E-state index is -0.137. The molecule has 0 unspecified atom stereocenters. The van der Waals surface area contributed by atoms with Crippen LogP contribution in [0.2, 0.25) is 0 Å². The van der Waals surface area contributed by atoms with Gasteiger partial charge in [-0.1, -0.05) is 5.16 Å². The SMILES string of the molecule is Cc1cc(C(=O)N2C[C@@H](CN(C)CCN(C)C)[C@@H](CO)C2)on1. The molecule has 1 fully saturated rings. The van der Waals surface area contributed by atoms with Gasteiger partial charge in [-0.25, -0.2) is 0 Å². The number of amides is 1. The van der Waals surface area contributed by atoms with E-state index in [9.17, 15) is 9.90 Å². The van der Waals surface area contributed by atoms with E-state index >= 15 is 0 Å². The van der Waals surface area contributed by atoms with Crippen molar-refractivity contribution in [2.75, 3.05) is 60.5 Å². The van der Waals surface area contributed by atoms with E-state index < -0.39 is 0 Å². The Morgan fingerprint density at radius 1 is 1.35 bits per heavy atom. The van der Waals surface area contributed by atoms with Gasteiger partial charge in [0, 0.05) is 51.3 Å². The highest BCUT2D eigenvalue weighted by molar-refractivity contribution is 5.91. The van der Waals surface area contributed by atoms with Crippen LogP contribution in [0, 0.1) is 18.8 Å². The summed E-state index contributed by atoms with van der Waals surface area (Å²) in [7, 11) is 6.20. The monoisotopic (exact) mass is 324 g/mol. The van der Waals surface area contributed by atoms with Crippen LogP contribution in [0.25, 0.3) is 0 Å². The van der Waals surface area contributed by atoms with E-state index in [1.807, 2.05) is 0 Å². The van der Waals surface area contributed by atoms with Crippen LogP contribution in [0.15, 0.2) is 10.6 Å².